The van der Waals surface area contributed by atoms with Crippen LogP contribution in [0.4, 0.5) is 13.2 Å². The summed E-state index contributed by atoms with van der Waals surface area (Å²) in [5, 5.41) is 7.94. The van der Waals surface area contributed by atoms with Gasteiger partial charge >= 0.3 is 6.18 Å². The number of ether oxygens (including phenoxy) is 1. The number of hydrogen-bond donors (Lipinski definition) is 0. The van der Waals surface area contributed by atoms with Gasteiger partial charge in [-0.05, 0) is 25.7 Å². The SMILES string of the molecule is CC(Oc1cc(-c2nnc(C(C)(C)C)o2)ncc1C1CC1)C(F)(F)F. The molecule has 0 saturated heterocycles. The van der Waals surface area contributed by atoms with Crippen molar-refractivity contribution < 1.29 is 22.3 Å². The monoisotopic (exact) mass is 355 g/mol. The highest BCUT2D eigenvalue weighted by molar-refractivity contribution is 5.53. The first-order valence-corrected chi connectivity index (χ1v) is 8.13. The van der Waals surface area contributed by atoms with Crippen LogP contribution in [0, 0.1) is 0 Å². The van der Waals surface area contributed by atoms with E-state index in [9.17, 15) is 13.2 Å². The van der Waals surface area contributed by atoms with Crippen LogP contribution in [0.15, 0.2) is 16.7 Å². The maximum atomic E-state index is 12.9. The zero-order chi connectivity index (χ0) is 18.4. The van der Waals surface area contributed by atoms with E-state index in [1.165, 1.54) is 6.07 Å². The van der Waals surface area contributed by atoms with Crippen LogP contribution in [0.3, 0.4) is 0 Å². The second-order valence-corrected chi connectivity index (χ2v) is 7.35. The van der Waals surface area contributed by atoms with Crippen molar-refractivity contribution >= 4 is 0 Å². The number of pyridine rings is 1. The number of hydrogen-bond acceptors (Lipinski definition) is 5. The minimum atomic E-state index is -4.44. The van der Waals surface area contributed by atoms with Gasteiger partial charge in [0.15, 0.2) is 6.10 Å². The molecular weight excluding hydrogens is 335 g/mol. The molecule has 1 unspecified atom stereocenters. The quantitative estimate of drug-likeness (QED) is 0.800. The number of halogens is 3. The molecule has 2 aromatic heterocycles. The lowest BCUT2D eigenvalue weighted by molar-refractivity contribution is -0.189. The lowest BCUT2D eigenvalue weighted by atomic mass is 9.97. The second kappa shape index (κ2) is 6.00. The molecule has 1 fully saturated rings. The summed E-state index contributed by atoms with van der Waals surface area (Å²) in [6.07, 6.45) is -2.95. The van der Waals surface area contributed by atoms with Crippen molar-refractivity contribution in [3.05, 3.63) is 23.7 Å². The predicted molar refractivity (Wildman–Crippen MR) is 84.3 cm³/mol. The highest BCUT2D eigenvalue weighted by Crippen LogP contribution is 2.45. The maximum absolute atomic E-state index is 12.9. The maximum Gasteiger partial charge on any atom is 0.425 e. The lowest BCUT2D eigenvalue weighted by Gasteiger charge is -2.19. The summed E-state index contributed by atoms with van der Waals surface area (Å²) in [7, 11) is 0. The molecule has 25 heavy (non-hydrogen) atoms. The average molecular weight is 355 g/mol. The highest BCUT2D eigenvalue weighted by Gasteiger charge is 2.39. The summed E-state index contributed by atoms with van der Waals surface area (Å²) in [5.74, 6) is 0.969. The van der Waals surface area contributed by atoms with E-state index in [2.05, 4.69) is 15.2 Å². The van der Waals surface area contributed by atoms with E-state index in [0.717, 1.165) is 19.8 Å². The van der Waals surface area contributed by atoms with Gasteiger partial charge in [-0.25, -0.2) is 0 Å². The van der Waals surface area contributed by atoms with E-state index in [1.807, 2.05) is 20.8 Å². The predicted octanol–water partition coefficient (Wildman–Crippen LogP) is 4.64. The average Bonchev–Trinajstić information content (AvgIpc) is 3.20. The fourth-order valence-electron chi connectivity index (χ4n) is 2.25. The first-order chi connectivity index (χ1) is 11.6. The van der Waals surface area contributed by atoms with E-state index in [1.54, 1.807) is 6.20 Å². The standard InChI is InChI=1S/C17H20F3N3O2/c1-9(17(18,19)20)24-13-7-12(21-8-11(13)10-5-6-10)14-22-23-15(25-14)16(2,3)4/h7-10H,5-6H2,1-4H3. The molecule has 0 aromatic carbocycles. The number of rotatable bonds is 4. The van der Waals surface area contributed by atoms with Gasteiger partial charge in [0, 0.05) is 23.2 Å². The number of aromatic nitrogens is 3. The van der Waals surface area contributed by atoms with Crippen molar-refractivity contribution in [3.8, 4) is 17.3 Å². The van der Waals surface area contributed by atoms with Gasteiger partial charge in [0.2, 0.25) is 5.89 Å². The van der Waals surface area contributed by atoms with Gasteiger partial charge in [-0.1, -0.05) is 20.8 Å². The van der Waals surface area contributed by atoms with Crippen molar-refractivity contribution in [1.82, 2.24) is 15.2 Å². The van der Waals surface area contributed by atoms with E-state index in [-0.39, 0.29) is 23.0 Å². The largest absolute Gasteiger partial charge is 0.481 e. The van der Waals surface area contributed by atoms with E-state index in [0.29, 0.717) is 17.1 Å². The molecule has 1 aliphatic rings. The summed E-state index contributed by atoms with van der Waals surface area (Å²) in [6.45, 7) is 6.76. The van der Waals surface area contributed by atoms with Crippen LogP contribution < -0.4 is 4.74 Å². The third-order valence-electron chi connectivity index (χ3n) is 3.96. The molecule has 1 aliphatic carbocycles. The van der Waals surface area contributed by atoms with Crippen molar-refractivity contribution in [2.45, 2.75) is 64.1 Å². The summed E-state index contributed by atoms with van der Waals surface area (Å²) >= 11 is 0. The first kappa shape index (κ1) is 17.7. The van der Waals surface area contributed by atoms with Gasteiger partial charge in [-0.15, -0.1) is 10.2 Å². The molecule has 1 atom stereocenters. The number of nitrogens with zero attached hydrogens (tertiary/aromatic N) is 3. The molecule has 0 amide bonds. The van der Waals surface area contributed by atoms with Crippen LogP contribution in [0.5, 0.6) is 5.75 Å². The molecule has 2 heterocycles. The molecule has 3 rings (SSSR count). The molecule has 0 spiro atoms. The van der Waals surface area contributed by atoms with Crippen molar-refractivity contribution in [3.63, 3.8) is 0 Å². The fraction of sp³-hybridized carbons (Fsp3) is 0.588. The van der Waals surface area contributed by atoms with Crippen LogP contribution in [0.2, 0.25) is 0 Å². The van der Waals surface area contributed by atoms with E-state index >= 15 is 0 Å². The molecular formula is C17H20F3N3O2. The van der Waals surface area contributed by atoms with E-state index < -0.39 is 12.3 Å². The Morgan fingerprint density at radius 3 is 2.40 bits per heavy atom. The topological polar surface area (TPSA) is 61.0 Å². The van der Waals surface area contributed by atoms with Gasteiger partial charge in [0.05, 0.1) is 0 Å². The van der Waals surface area contributed by atoms with Gasteiger partial charge < -0.3 is 9.15 Å². The van der Waals surface area contributed by atoms with Crippen LogP contribution in [-0.4, -0.2) is 27.5 Å². The molecule has 136 valence electrons. The summed E-state index contributed by atoms with van der Waals surface area (Å²) in [6, 6.07) is 1.45. The highest BCUT2D eigenvalue weighted by atomic mass is 19.4. The van der Waals surface area contributed by atoms with Crippen LogP contribution in [0.25, 0.3) is 11.6 Å². The zero-order valence-corrected chi connectivity index (χ0v) is 14.5. The number of alkyl halides is 3. The third-order valence-corrected chi connectivity index (χ3v) is 3.96. The summed E-state index contributed by atoms with van der Waals surface area (Å²) in [5.41, 5.74) is 0.663. The molecule has 8 heteroatoms. The Balaban J connectivity index is 1.94. The summed E-state index contributed by atoms with van der Waals surface area (Å²) in [4.78, 5) is 4.28. The van der Waals surface area contributed by atoms with Gasteiger partial charge in [0.1, 0.15) is 11.4 Å². The second-order valence-electron chi connectivity index (χ2n) is 7.35. The van der Waals surface area contributed by atoms with Gasteiger partial charge in [-0.3, -0.25) is 4.98 Å². The van der Waals surface area contributed by atoms with Crippen LogP contribution >= 0.6 is 0 Å². The summed E-state index contributed by atoms with van der Waals surface area (Å²) < 4.78 is 49.4. The Labute approximate surface area is 143 Å². The molecule has 5 nitrogen and oxygen atoms in total. The molecule has 0 radical (unpaired) electrons. The van der Waals surface area contributed by atoms with E-state index in [4.69, 9.17) is 9.15 Å². The van der Waals surface area contributed by atoms with Crippen molar-refractivity contribution in [2.75, 3.05) is 0 Å². The molecule has 0 bridgehead atoms. The molecule has 2 aromatic rings. The Bertz CT molecular complexity index is 761. The Morgan fingerprint density at radius 1 is 1.20 bits per heavy atom. The van der Waals surface area contributed by atoms with Crippen LogP contribution in [0.1, 0.15) is 57.9 Å². The van der Waals surface area contributed by atoms with Gasteiger partial charge in [0.25, 0.3) is 5.89 Å². The normalized spacial score (nSPS) is 16.8. The minimum absolute atomic E-state index is 0.164. The molecule has 1 saturated carbocycles. The van der Waals surface area contributed by atoms with Gasteiger partial charge in [-0.2, -0.15) is 13.2 Å². The van der Waals surface area contributed by atoms with Crippen molar-refractivity contribution in [2.24, 2.45) is 0 Å². The zero-order valence-electron chi connectivity index (χ0n) is 14.5. The smallest absolute Gasteiger partial charge is 0.425 e. The Morgan fingerprint density at radius 2 is 1.88 bits per heavy atom. The van der Waals surface area contributed by atoms with Crippen LogP contribution in [-0.2, 0) is 5.41 Å². The third kappa shape index (κ3) is 3.93. The lowest BCUT2D eigenvalue weighted by Crippen LogP contribution is -2.31. The Kier molecular flexibility index (Phi) is 4.25. The minimum Gasteiger partial charge on any atom is -0.481 e. The fourth-order valence-corrected chi connectivity index (χ4v) is 2.25. The first-order valence-electron chi connectivity index (χ1n) is 8.13. The Hall–Kier alpha value is -2.12. The molecule has 0 N–H and O–H groups in total. The van der Waals surface area contributed by atoms with Crippen molar-refractivity contribution in [1.29, 1.82) is 0 Å². The molecule has 0 aliphatic heterocycles.